The lowest BCUT2D eigenvalue weighted by atomic mass is 10.0. The highest BCUT2D eigenvalue weighted by Crippen LogP contribution is 2.11. The number of hydrogen-bond acceptors (Lipinski definition) is 8. The van der Waals surface area contributed by atoms with Gasteiger partial charge in [0.1, 0.15) is 17.8 Å². The number of nitrogens with one attached hydrogen (secondary N) is 3. The Balaban J connectivity index is 2.82. The Bertz CT molecular complexity index is 889. The van der Waals surface area contributed by atoms with Crippen molar-refractivity contribution in [2.24, 2.45) is 5.73 Å². The van der Waals surface area contributed by atoms with Gasteiger partial charge in [-0.2, -0.15) is 0 Å². The molecule has 0 radical (unpaired) electrons. The summed E-state index contributed by atoms with van der Waals surface area (Å²) >= 11 is 0. The lowest BCUT2D eigenvalue weighted by molar-refractivity contribution is -0.145. The molecule has 13 nitrogen and oxygen atoms in total. The molecule has 5 unspecified atom stereocenters. The minimum Gasteiger partial charge on any atom is -0.508 e. The number of amides is 3. The highest BCUT2D eigenvalue weighted by atomic mass is 16.4. The van der Waals surface area contributed by atoms with Crippen LogP contribution in [0.4, 0.5) is 0 Å². The molecular formula is C21H30N4O9. The van der Waals surface area contributed by atoms with Crippen LogP contribution in [0.3, 0.4) is 0 Å². The molecule has 0 aliphatic rings. The Hall–Kier alpha value is -3.71. The van der Waals surface area contributed by atoms with Crippen LogP contribution in [0.1, 0.15) is 32.3 Å². The maximum absolute atomic E-state index is 12.6. The molecule has 0 fully saturated rings. The van der Waals surface area contributed by atoms with E-state index in [1.165, 1.54) is 26.0 Å². The number of rotatable bonds is 13. The fourth-order valence-electron chi connectivity index (χ4n) is 2.84. The quantitative estimate of drug-likeness (QED) is 0.155. The summed E-state index contributed by atoms with van der Waals surface area (Å²) in [5.41, 5.74) is 6.53. The molecule has 9 N–H and O–H groups in total. The van der Waals surface area contributed by atoms with Crippen molar-refractivity contribution in [2.45, 2.75) is 63.4 Å². The van der Waals surface area contributed by atoms with E-state index >= 15 is 0 Å². The third kappa shape index (κ3) is 9.42. The smallest absolute Gasteiger partial charge is 0.328 e. The first-order valence-corrected chi connectivity index (χ1v) is 10.4. The summed E-state index contributed by atoms with van der Waals surface area (Å²) in [4.78, 5) is 59.5. The fourth-order valence-corrected chi connectivity index (χ4v) is 2.84. The number of aliphatic hydroxyl groups is 1. The van der Waals surface area contributed by atoms with E-state index in [-0.39, 0.29) is 18.6 Å². The number of phenolic OH excluding ortho intramolecular Hbond substituents is 1. The van der Waals surface area contributed by atoms with E-state index in [9.17, 15) is 34.2 Å². The molecule has 5 atom stereocenters. The van der Waals surface area contributed by atoms with Crippen LogP contribution in [0, 0.1) is 0 Å². The van der Waals surface area contributed by atoms with Crippen LogP contribution in [0.5, 0.6) is 5.75 Å². The van der Waals surface area contributed by atoms with Crippen LogP contribution >= 0.6 is 0 Å². The normalized spacial score (nSPS) is 15.2. The molecule has 34 heavy (non-hydrogen) atoms. The zero-order valence-electron chi connectivity index (χ0n) is 18.7. The molecular weight excluding hydrogens is 452 g/mol. The van der Waals surface area contributed by atoms with Crippen molar-refractivity contribution in [2.75, 3.05) is 0 Å². The molecule has 0 spiro atoms. The molecule has 0 saturated heterocycles. The van der Waals surface area contributed by atoms with Crippen LogP contribution in [-0.4, -0.2) is 80.4 Å². The minimum atomic E-state index is -1.60. The maximum Gasteiger partial charge on any atom is 0.328 e. The highest BCUT2D eigenvalue weighted by molar-refractivity contribution is 5.94. The molecule has 0 saturated carbocycles. The zero-order valence-corrected chi connectivity index (χ0v) is 18.7. The van der Waals surface area contributed by atoms with Gasteiger partial charge in [0, 0.05) is 6.42 Å². The second-order valence-corrected chi connectivity index (χ2v) is 7.77. The number of aliphatic hydroxyl groups excluding tert-OH is 1. The van der Waals surface area contributed by atoms with Crippen LogP contribution in [0.25, 0.3) is 0 Å². The average molecular weight is 482 g/mol. The van der Waals surface area contributed by atoms with E-state index in [2.05, 4.69) is 16.0 Å². The van der Waals surface area contributed by atoms with Crippen molar-refractivity contribution in [3.63, 3.8) is 0 Å². The average Bonchev–Trinajstić information content (AvgIpc) is 2.75. The Morgan fingerprint density at radius 3 is 2.00 bits per heavy atom. The van der Waals surface area contributed by atoms with E-state index in [1.807, 2.05) is 0 Å². The number of hydrogen-bond donors (Lipinski definition) is 8. The molecule has 3 amide bonds. The van der Waals surface area contributed by atoms with Gasteiger partial charge in [0.15, 0.2) is 6.04 Å². The van der Waals surface area contributed by atoms with Crippen LogP contribution in [-0.2, 0) is 30.4 Å². The first-order valence-electron chi connectivity index (χ1n) is 10.4. The van der Waals surface area contributed by atoms with Gasteiger partial charge in [-0.05, 0) is 44.4 Å². The van der Waals surface area contributed by atoms with E-state index in [4.69, 9.17) is 15.9 Å². The van der Waals surface area contributed by atoms with Gasteiger partial charge in [-0.3, -0.25) is 19.2 Å². The lowest BCUT2D eigenvalue weighted by Gasteiger charge is -2.24. The van der Waals surface area contributed by atoms with Crippen molar-refractivity contribution < 1.29 is 44.4 Å². The topological polar surface area (TPSA) is 228 Å². The molecule has 0 aliphatic carbocycles. The van der Waals surface area contributed by atoms with E-state index < -0.39 is 66.4 Å². The molecule has 188 valence electrons. The van der Waals surface area contributed by atoms with Gasteiger partial charge in [-0.25, -0.2) is 4.79 Å². The summed E-state index contributed by atoms with van der Waals surface area (Å²) in [5.74, 6) is -5.18. The van der Waals surface area contributed by atoms with Crippen LogP contribution in [0.2, 0.25) is 0 Å². The highest BCUT2D eigenvalue weighted by Gasteiger charge is 2.30. The van der Waals surface area contributed by atoms with E-state index in [0.717, 1.165) is 0 Å². The van der Waals surface area contributed by atoms with Gasteiger partial charge in [0.25, 0.3) is 0 Å². The third-order valence-corrected chi connectivity index (χ3v) is 4.81. The fraction of sp³-hybridized carbons (Fsp3) is 0.476. The van der Waals surface area contributed by atoms with Crippen LogP contribution in [0.15, 0.2) is 24.3 Å². The number of nitrogens with two attached hydrogens (primary N) is 1. The second-order valence-electron chi connectivity index (χ2n) is 7.77. The van der Waals surface area contributed by atoms with Crippen molar-refractivity contribution in [3.05, 3.63) is 29.8 Å². The molecule has 0 heterocycles. The Morgan fingerprint density at radius 2 is 1.50 bits per heavy atom. The van der Waals surface area contributed by atoms with E-state index in [0.29, 0.717) is 5.56 Å². The number of carbonyl (C=O) groups excluding carboxylic acids is 3. The van der Waals surface area contributed by atoms with Crippen LogP contribution < -0.4 is 21.7 Å². The van der Waals surface area contributed by atoms with Crippen molar-refractivity contribution in [1.82, 2.24) is 16.0 Å². The minimum absolute atomic E-state index is 0.0356. The van der Waals surface area contributed by atoms with Crippen molar-refractivity contribution in [3.8, 4) is 5.75 Å². The summed E-state index contributed by atoms with van der Waals surface area (Å²) in [7, 11) is 0. The monoisotopic (exact) mass is 482 g/mol. The summed E-state index contributed by atoms with van der Waals surface area (Å²) < 4.78 is 0. The number of benzene rings is 1. The number of carboxylic acids is 2. The largest absolute Gasteiger partial charge is 0.508 e. The van der Waals surface area contributed by atoms with E-state index in [1.54, 1.807) is 12.1 Å². The number of carbonyl (C=O) groups is 5. The zero-order chi connectivity index (χ0) is 26.0. The molecule has 13 heteroatoms. The Labute approximate surface area is 195 Å². The maximum atomic E-state index is 12.6. The number of phenols is 1. The third-order valence-electron chi connectivity index (χ3n) is 4.81. The Kier molecular flexibility index (Phi) is 10.9. The number of carboxylic acid groups (broad SMARTS) is 2. The summed E-state index contributed by atoms with van der Waals surface area (Å²) in [5, 5.41) is 43.5. The van der Waals surface area contributed by atoms with Crippen molar-refractivity contribution in [1.29, 1.82) is 0 Å². The molecule has 0 bridgehead atoms. The summed E-state index contributed by atoms with van der Waals surface area (Å²) in [6.45, 7) is 2.42. The lowest BCUT2D eigenvalue weighted by Crippen LogP contribution is -2.57. The van der Waals surface area contributed by atoms with Gasteiger partial charge >= 0.3 is 11.9 Å². The molecule has 1 rings (SSSR count). The first kappa shape index (κ1) is 28.3. The molecule has 0 aliphatic heterocycles. The van der Waals surface area contributed by atoms with Gasteiger partial charge in [0.05, 0.1) is 12.1 Å². The number of aromatic hydroxyl groups is 1. The SMILES string of the molecule is CC(NC(=O)C(CCC(=O)O)NC(=O)C(N)Cc1ccc(O)cc1)C(=O)NC(C(=O)O)C(C)O. The van der Waals surface area contributed by atoms with Gasteiger partial charge in [0.2, 0.25) is 17.7 Å². The predicted octanol–water partition coefficient (Wildman–Crippen LogP) is -1.93. The molecule has 1 aromatic carbocycles. The standard InChI is InChI=1S/C21H30N4O9/c1-10(18(30)25-17(11(2)26)21(33)34)23-20(32)15(7-8-16(28)29)24-19(31)14(22)9-12-3-5-13(27)6-4-12/h3-6,10-11,14-15,17,26-27H,7-9,22H2,1-2H3,(H,23,32)(H,24,31)(H,25,30)(H,28,29)(H,33,34). The summed E-state index contributed by atoms with van der Waals surface area (Å²) in [6, 6.07) is 0.674. The van der Waals surface area contributed by atoms with Gasteiger partial charge in [-0.15, -0.1) is 0 Å². The second kappa shape index (κ2) is 13.1. The van der Waals surface area contributed by atoms with Crippen molar-refractivity contribution >= 4 is 29.7 Å². The Morgan fingerprint density at radius 1 is 0.912 bits per heavy atom. The van der Waals surface area contributed by atoms with Gasteiger partial charge < -0.3 is 42.1 Å². The molecule has 1 aromatic rings. The summed E-state index contributed by atoms with van der Waals surface area (Å²) in [6.07, 6.45) is -2.08. The first-order chi connectivity index (χ1) is 15.8. The molecule has 0 aromatic heterocycles. The predicted molar refractivity (Wildman–Crippen MR) is 117 cm³/mol. The van der Waals surface area contributed by atoms with Gasteiger partial charge in [-0.1, -0.05) is 12.1 Å². The number of aliphatic carboxylic acids is 2.